The van der Waals surface area contributed by atoms with Crippen molar-refractivity contribution in [2.75, 3.05) is 25.4 Å². The van der Waals surface area contributed by atoms with E-state index in [0.717, 1.165) is 37.0 Å². The van der Waals surface area contributed by atoms with E-state index in [1.165, 1.54) is 16.7 Å². The van der Waals surface area contributed by atoms with Gasteiger partial charge in [-0.05, 0) is 19.8 Å². The summed E-state index contributed by atoms with van der Waals surface area (Å²) in [6, 6.07) is -0.213. The molecular weight excluding hydrogens is 394 g/mol. The first-order chi connectivity index (χ1) is 12.4. The number of carbonyl (C=O) groups is 2. The van der Waals surface area contributed by atoms with E-state index in [4.69, 9.17) is 0 Å². The van der Waals surface area contributed by atoms with Crippen LogP contribution < -0.4 is 0 Å². The highest BCUT2D eigenvalue weighted by atomic mass is 32.2. The van der Waals surface area contributed by atoms with Crippen molar-refractivity contribution < 1.29 is 19.8 Å². The molecule has 1 amide bonds. The van der Waals surface area contributed by atoms with Gasteiger partial charge in [0.15, 0.2) is 5.17 Å². The van der Waals surface area contributed by atoms with Gasteiger partial charge in [0.05, 0.1) is 21.8 Å². The number of amides is 1. The van der Waals surface area contributed by atoms with E-state index in [2.05, 4.69) is 22.5 Å². The summed E-state index contributed by atoms with van der Waals surface area (Å²) in [5.74, 6) is -0.354. The zero-order valence-corrected chi connectivity index (χ0v) is 16.8. The number of aliphatic carboxylic acids is 1. The number of carbonyl (C=O) groups excluding carboxylic acids is 1. The average Bonchev–Trinajstić information content (AvgIpc) is 3.26. The molecule has 142 valence electrons. The van der Waals surface area contributed by atoms with Crippen molar-refractivity contribution in [1.29, 1.82) is 0 Å². The fourth-order valence-corrected chi connectivity index (χ4v) is 6.56. The van der Waals surface area contributed by atoms with Crippen LogP contribution in [0.5, 0.6) is 0 Å². The second-order valence-corrected chi connectivity index (χ2v) is 10.2. The van der Waals surface area contributed by atoms with Gasteiger partial charge in [-0.15, -0.1) is 24.4 Å². The average molecular weight is 416 g/mol. The van der Waals surface area contributed by atoms with Crippen LogP contribution in [0.25, 0.3) is 0 Å². The third-order valence-electron chi connectivity index (χ3n) is 5.46. The van der Waals surface area contributed by atoms with Crippen molar-refractivity contribution >= 4 is 53.2 Å². The second-order valence-electron chi connectivity index (χ2n) is 7.08. The lowest BCUT2D eigenvalue weighted by molar-refractivity contribution is -0.155. The number of rotatable bonds is 5. The third kappa shape index (κ3) is 2.76. The number of fused-ring (bicyclic) bond motifs is 1. The maximum Gasteiger partial charge on any atom is 0.354 e. The summed E-state index contributed by atoms with van der Waals surface area (Å²) >= 11 is 7.57. The lowest BCUT2D eigenvalue weighted by atomic mass is 9.90. The lowest BCUT2D eigenvalue weighted by Gasteiger charge is -2.42. The molecule has 0 aromatic carbocycles. The molecule has 0 aromatic rings. The quantitative estimate of drug-likeness (QED) is 0.351. The minimum Gasteiger partial charge on any atom is -0.477 e. The Balaban J connectivity index is 1.41. The number of nitrogens with zero attached hydrogens (tertiary/aromatic N) is 3. The van der Waals surface area contributed by atoms with Crippen LogP contribution in [0.3, 0.4) is 0 Å². The Morgan fingerprint density at radius 3 is 2.73 bits per heavy atom. The van der Waals surface area contributed by atoms with Crippen molar-refractivity contribution in [3.63, 3.8) is 0 Å². The molecule has 26 heavy (non-hydrogen) atoms. The SMILES string of the molecule is C[C@@H](O)[C@]12C[C@H]1N(/C(C(=O)O)=C(\S)SC1CN(C3=NCCCS3)C1)C2=O. The van der Waals surface area contributed by atoms with Gasteiger partial charge in [0.25, 0.3) is 0 Å². The number of thioether (sulfide) groups is 2. The van der Waals surface area contributed by atoms with Crippen LogP contribution in [0.4, 0.5) is 0 Å². The molecule has 3 heterocycles. The summed E-state index contributed by atoms with van der Waals surface area (Å²) in [7, 11) is 0. The number of thiol groups is 1. The zero-order chi connectivity index (χ0) is 18.6. The maximum absolute atomic E-state index is 12.4. The molecule has 2 N–H and O–H groups in total. The number of carboxylic acid groups (broad SMARTS) is 1. The molecule has 3 fully saturated rings. The minimum absolute atomic E-state index is 0.0510. The lowest BCUT2D eigenvalue weighted by Crippen LogP contribution is -2.57. The first-order valence-electron chi connectivity index (χ1n) is 8.63. The number of aliphatic hydroxyl groups excluding tert-OH is 1. The largest absolute Gasteiger partial charge is 0.477 e. The first-order valence-corrected chi connectivity index (χ1v) is 10.9. The molecule has 0 unspecified atom stereocenters. The van der Waals surface area contributed by atoms with Crippen LogP contribution in [0, 0.1) is 5.41 Å². The van der Waals surface area contributed by atoms with E-state index >= 15 is 0 Å². The Hall–Kier alpha value is -0.840. The first kappa shape index (κ1) is 18.5. The molecule has 1 saturated carbocycles. The maximum atomic E-state index is 12.4. The molecule has 0 radical (unpaired) electrons. The van der Waals surface area contributed by atoms with Gasteiger partial charge in [0.2, 0.25) is 5.91 Å². The Morgan fingerprint density at radius 1 is 1.50 bits per heavy atom. The monoisotopic (exact) mass is 415 g/mol. The van der Waals surface area contributed by atoms with Crippen molar-refractivity contribution in [3.05, 3.63) is 9.93 Å². The van der Waals surface area contributed by atoms with Crippen molar-refractivity contribution in [3.8, 4) is 0 Å². The third-order valence-corrected chi connectivity index (χ3v) is 8.18. The smallest absolute Gasteiger partial charge is 0.354 e. The molecule has 0 spiro atoms. The fourth-order valence-electron chi connectivity index (χ4n) is 3.82. The minimum atomic E-state index is -1.15. The summed E-state index contributed by atoms with van der Waals surface area (Å²) in [5.41, 5.74) is -0.812. The molecule has 3 aliphatic heterocycles. The van der Waals surface area contributed by atoms with Crippen LogP contribution >= 0.6 is 36.2 Å². The van der Waals surface area contributed by atoms with E-state index in [9.17, 15) is 19.8 Å². The molecule has 2 saturated heterocycles. The predicted octanol–water partition coefficient (Wildman–Crippen LogP) is 1.06. The number of aliphatic imine (C=N–C) groups is 1. The number of amidine groups is 1. The van der Waals surface area contributed by atoms with Gasteiger partial charge in [-0.1, -0.05) is 11.8 Å². The number of hydrogen-bond acceptors (Lipinski definition) is 8. The molecule has 4 aliphatic rings. The number of aliphatic hydroxyl groups is 1. The summed E-state index contributed by atoms with van der Waals surface area (Å²) in [6.07, 6.45) is 0.876. The normalized spacial score (nSPS) is 32.8. The topological polar surface area (TPSA) is 93.4 Å². The van der Waals surface area contributed by atoms with Crippen molar-refractivity contribution in [1.82, 2.24) is 9.80 Å². The van der Waals surface area contributed by atoms with Gasteiger partial charge >= 0.3 is 5.97 Å². The van der Waals surface area contributed by atoms with Crippen LogP contribution in [0.2, 0.25) is 0 Å². The van der Waals surface area contributed by atoms with Gasteiger partial charge in [0, 0.05) is 30.6 Å². The summed E-state index contributed by atoms with van der Waals surface area (Å²) in [5, 5.41) is 20.7. The van der Waals surface area contributed by atoms with Gasteiger partial charge < -0.3 is 15.1 Å². The van der Waals surface area contributed by atoms with Crippen LogP contribution in [0.1, 0.15) is 19.8 Å². The van der Waals surface area contributed by atoms with E-state index in [1.54, 1.807) is 18.7 Å². The van der Waals surface area contributed by atoms with Crippen LogP contribution in [-0.4, -0.2) is 79.8 Å². The van der Waals surface area contributed by atoms with Crippen molar-refractivity contribution in [2.24, 2.45) is 10.4 Å². The number of carboxylic acids is 1. The predicted molar refractivity (Wildman–Crippen MR) is 105 cm³/mol. The molecule has 7 nitrogen and oxygen atoms in total. The fraction of sp³-hybridized carbons (Fsp3) is 0.688. The van der Waals surface area contributed by atoms with E-state index in [-0.39, 0.29) is 22.9 Å². The number of likely N-dealkylation sites (tertiary alicyclic amines) is 2. The molecule has 0 bridgehead atoms. The van der Waals surface area contributed by atoms with E-state index in [1.807, 2.05) is 0 Å². The summed E-state index contributed by atoms with van der Waals surface area (Å²) in [4.78, 5) is 32.2. The highest BCUT2D eigenvalue weighted by molar-refractivity contribution is 8.16. The molecule has 4 rings (SSSR count). The molecule has 10 heteroatoms. The van der Waals surface area contributed by atoms with Gasteiger partial charge in [0.1, 0.15) is 5.70 Å². The Labute approximate surface area is 165 Å². The number of β-lactam (4-membered cyclic amide) rings is 1. The van der Waals surface area contributed by atoms with Gasteiger partial charge in [-0.2, -0.15) is 0 Å². The standard InChI is InChI=1S/C16H21N3O4S3/c1-8(20)16-5-10(16)19(14(16)23)11(12(21)22)13(24)26-9-6-18(7-9)15-17-3-2-4-25-15/h8-10,20,24H,2-7H2,1H3,(H,21,22)/b13-11+/t8-,10-,16-/m1/s1. The van der Waals surface area contributed by atoms with E-state index < -0.39 is 17.5 Å². The van der Waals surface area contributed by atoms with Gasteiger partial charge in [-0.25, -0.2) is 4.79 Å². The summed E-state index contributed by atoms with van der Waals surface area (Å²) in [6.45, 7) is 4.08. The molecule has 1 aliphatic carbocycles. The highest BCUT2D eigenvalue weighted by Gasteiger charge is 2.77. The van der Waals surface area contributed by atoms with Crippen molar-refractivity contribution in [2.45, 2.75) is 37.2 Å². The van der Waals surface area contributed by atoms with E-state index in [0.29, 0.717) is 10.7 Å². The Morgan fingerprint density at radius 2 is 2.23 bits per heavy atom. The Kier molecular flexibility index (Phi) is 4.73. The highest BCUT2D eigenvalue weighted by Crippen LogP contribution is 2.63. The molecule has 3 atom stereocenters. The van der Waals surface area contributed by atoms with Crippen LogP contribution in [-0.2, 0) is 9.59 Å². The number of hydrogen-bond donors (Lipinski definition) is 3. The van der Waals surface area contributed by atoms with Crippen LogP contribution in [0.15, 0.2) is 14.9 Å². The molecule has 0 aromatic heterocycles. The Bertz CT molecular complexity index is 720. The zero-order valence-electron chi connectivity index (χ0n) is 14.3. The molecular formula is C16H21N3O4S3. The summed E-state index contributed by atoms with van der Waals surface area (Å²) < 4.78 is 0.361. The second kappa shape index (κ2) is 6.65. The van der Waals surface area contributed by atoms with Gasteiger partial charge in [-0.3, -0.25) is 14.7 Å².